The minimum Gasteiger partial charge on any atom is -0.317 e. The van der Waals surface area contributed by atoms with Gasteiger partial charge in [-0.15, -0.1) is 0 Å². The number of hydrogen-bond acceptors (Lipinski definition) is 4. The normalized spacial score (nSPS) is 10.1. The van der Waals surface area contributed by atoms with E-state index in [1.165, 1.54) is 6.42 Å². The summed E-state index contributed by atoms with van der Waals surface area (Å²) < 4.78 is 0. The van der Waals surface area contributed by atoms with Crippen molar-refractivity contribution in [1.29, 1.82) is 0 Å². The van der Waals surface area contributed by atoms with Gasteiger partial charge in [-0.3, -0.25) is 0 Å². The van der Waals surface area contributed by atoms with Crippen LogP contribution in [0.25, 0.3) is 0 Å². The van der Waals surface area contributed by atoms with Crippen molar-refractivity contribution in [2.45, 2.75) is 19.8 Å². The third-order valence-corrected chi connectivity index (χ3v) is 1.88. The van der Waals surface area contributed by atoms with E-state index < -0.39 is 0 Å². The maximum Gasteiger partial charge on any atom is 0.0892 e. The number of hydrogen-bond donors (Lipinski definition) is 1. The average Bonchev–Trinajstić information content (AvgIpc) is 2.20. The van der Waals surface area contributed by atoms with E-state index in [4.69, 9.17) is 0 Å². The largest absolute Gasteiger partial charge is 0.317 e. The van der Waals surface area contributed by atoms with Gasteiger partial charge in [0.25, 0.3) is 0 Å². The van der Waals surface area contributed by atoms with E-state index in [0.29, 0.717) is 0 Å². The van der Waals surface area contributed by atoms with Crippen LogP contribution in [0, 0.1) is 0 Å². The Morgan fingerprint density at radius 3 is 2.53 bits per heavy atom. The monoisotopic (exact) mass is 212 g/mol. The topological polar surface area (TPSA) is 40.0 Å². The Bertz CT molecular complexity index is 183. The lowest BCUT2D eigenvalue weighted by molar-refractivity contribution is 0.394. The molecule has 1 N–H and O–H groups in total. The molecule has 15 heavy (non-hydrogen) atoms. The molecular formula is C11H24N4. The Morgan fingerprint density at radius 2 is 1.87 bits per heavy atom. The summed E-state index contributed by atoms with van der Waals surface area (Å²) in [7, 11) is 4.20. The van der Waals surface area contributed by atoms with Crippen molar-refractivity contribution in [3.63, 3.8) is 0 Å². The van der Waals surface area contributed by atoms with Gasteiger partial charge in [-0.25, -0.2) is 9.98 Å². The molecule has 0 bridgehead atoms. The molecule has 0 fully saturated rings. The van der Waals surface area contributed by atoms with E-state index >= 15 is 0 Å². The van der Waals surface area contributed by atoms with Crippen molar-refractivity contribution >= 4 is 6.01 Å². The molecule has 88 valence electrons. The predicted molar refractivity (Wildman–Crippen MR) is 65.9 cm³/mol. The van der Waals surface area contributed by atoms with Gasteiger partial charge in [0.2, 0.25) is 0 Å². The van der Waals surface area contributed by atoms with Gasteiger partial charge in [0.05, 0.1) is 12.6 Å². The molecule has 0 saturated carbocycles. The molecule has 4 heteroatoms. The van der Waals surface area contributed by atoms with E-state index in [1.54, 1.807) is 0 Å². The Kier molecular flexibility index (Phi) is 10.8. The van der Waals surface area contributed by atoms with Gasteiger partial charge >= 0.3 is 0 Å². The molecule has 0 aromatic rings. The first-order valence-electron chi connectivity index (χ1n) is 5.70. The number of nitrogens with one attached hydrogen (secondary N) is 1. The lowest BCUT2D eigenvalue weighted by atomic mass is 10.3. The summed E-state index contributed by atoms with van der Waals surface area (Å²) >= 11 is 0. The highest BCUT2D eigenvalue weighted by Gasteiger charge is 1.90. The molecule has 0 aliphatic carbocycles. The number of aliphatic imine (C=N–C) groups is 2. The molecule has 0 aliphatic heterocycles. The van der Waals surface area contributed by atoms with Gasteiger partial charge in [-0.2, -0.15) is 0 Å². The zero-order valence-electron chi connectivity index (χ0n) is 10.3. The minimum absolute atomic E-state index is 0.770. The third kappa shape index (κ3) is 13.3. The Hall–Kier alpha value is -0.700. The van der Waals surface area contributed by atoms with Gasteiger partial charge in [-0.05, 0) is 53.5 Å². The molecule has 0 aromatic heterocycles. The molecule has 4 nitrogen and oxygen atoms in total. The van der Waals surface area contributed by atoms with Crippen LogP contribution in [-0.4, -0.2) is 57.7 Å². The lowest BCUT2D eigenvalue weighted by Gasteiger charge is -2.09. The second kappa shape index (κ2) is 11.4. The van der Waals surface area contributed by atoms with Crippen molar-refractivity contribution in [2.24, 2.45) is 9.98 Å². The van der Waals surface area contributed by atoms with Gasteiger partial charge in [0, 0.05) is 6.54 Å². The molecule has 0 aliphatic rings. The highest BCUT2D eigenvalue weighted by Crippen LogP contribution is 1.82. The highest BCUT2D eigenvalue weighted by atomic mass is 15.1. The van der Waals surface area contributed by atoms with E-state index in [0.717, 1.165) is 39.1 Å². The minimum atomic E-state index is 0.770. The zero-order chi connectivity index (χ0) is 11.4. The van der Waals surface area contributed by atoms with Crippen molar-refractivity contribution in [2.75, 3.05) is 46.8 Å². The van der Waals surface area contributed by atoms with E-state index in [-0.39, 0.29) is 0 Å². The van der Waals surface area contributed by atoms with E-state index in [9.17, 15) is 0 Å². The van der Waals surface area contributed by atoms with Crippen LogP contribution in [0.15, 0.2) is 9.98 Å². The van der Waals surface area contributed by atoms with Gasteiger partial charge in [0.1, 0.15) is 0 Å². The van der Waals surface area contributed by atoms with Crippen LogP contribution in [0.1, 0.15) is 19.8 Å². The SMILES string of the molecule is CCN=C=NCCCNCCCN(C)C. The summed E-state index contributed by atoms with van der Waals surface area (Å²) in [5.41, 5.74) is 0. The maximum atomic E-state index is 4.04. The van der Waals surface area contributed by atoms with Gasteiger partial charge in [0.15, 0.2) is 0 Å². The second-order valence-corrected chi connectivity index (χ2v) is 3.72. The molecule has 0 atom stereocenters. The zero-order valence-corrected chi connectivity index (χ0v) is 10.3. The van der Waals surface area contributed by atoms with Crippen LogP contribution in [0.3, 0.4) is 0 Å². The molecule has 0 saturated heterocycles. The first kappa shape index (κ1) is 14.3. The van der Waals surface area contributed by atoms with Crippen LogP contribution in [-0.2, 0) is 0 Å². The summed E-state index contributed by atoms with van der Waals surface area (Å²) in [6, 6.07) is 2.67. The number of nitrogens with zero attached hydrogens (tertiary/aromatic N) is 3. The fraction of sp³-hybridized carbons (Fsp3) is 0.909. The van der Waals surface area contributed by atoms with Crippen molar-refractivity contribution in [3.8, 4) is 0 Å². The quantitative estimate of drug-likeness (QED) is 0.459. The maximum absolute atomic E-state index is 4.04. The van der Waals surface area contributed by atoms with E-state index in [1.807, 2.05) is 6.92 Å². The van der Waals surface area contributed by atoms with Crippen molar-refractivity contribution in [3.05, 3.63) is 0 Å². The molecule has 0 heterocycles. The van der Waals surface area contributed by atoms with Crippen LogP contribution in [0.2, 0.25) is 0 Å². The number of rotatable bonds is 9. The molecule has 0 spiro atoms. The molecule has 0 rings (SSSR count). The highest BCUT2D eigenvalue weighted by molar-refractivity contribution is 5.40. The Balaban J connectivity index is 3.08. The van der Waals surface area contributed by atoms with Gasteiger partial charge in [-0.1, -0.05) is 0 Å². The Morgan fingerprint density at radius 1 is 1.13 bits per heavy atom. The molecular weight excluding hydrogens is 188 g/mol. The van der Waals surface area contributed by atoms with E-state index in [2.05, 4.69) is 40.3 Å². The predicted octanol–water partition coefficient (Wildman–Crippen LogP) is 1.11. The molecule has 0 unspecified atom stereocenters. The van der Waals surface area contributed by atoms with Crippen molar-refractivity contribution < 1.29 is 0 Å². The lowest BCUT2D eigenvalue weighted by Crippen LogP contribution is -2.22. The second-order valence-electron chi connectivity index (χ2n) is 3.72. The summed E-state index contributed by atoms with van der Waals surface area (Å²) in [5, 5.41) is 3.39. The van der Waals surface area contributed by atoms with Crippen LogP contribution in [0.4, 0.5) is 0 Å². The van der Waals surface area contributed by atoms with Crippen LogP contribution in [0.5, 0.6) is 0 Å². The summed E-state index contributed by atoms with van der Waals surface area (Å²) in [4.78, 5) is 10.1. The van der Waals surface area contributed by atoms with Crippen LogP contribution < -0.4 is 5.32 Å². The molecule has 0 aromatic carbocycles. The molecule has 0 amide bonds. The molecule has 0 radical (unpaired) electrons. The fourth-order valence-corrected chi connectivity index (χ4v) is 1.10. The standard InChI is InChI=1S/C11H24N4/c1-4-12-11-14-8-5-7-13-9-6-10-15(2)3/h13H,4-10H2,1-3H3. The van der Waals surface area contributed by atoms with Gasteiger partial charge < -0.3 is 10.2 Å². The third-order valence-electron chi connectivity index (χ3n) is 1.88. The summed E-state index contributed by atoms with van der Waals surface area (Å²) in [5.74, 6) is 0. The van der Waals surface area contributed by atoms with Crippen LogP contribution >= 0.6 is 0 Å². The first-order valence-corrected chi connectivity index (χ1v) is 5.70. The summed E-state index contributed by atoms with van der Waals surface area (Å²) in [6.45, 7) is 6.84. The summed E-state index contributed by atoms with van der Waals surface area (Å²) in [6.07, 6.45) is 2.27. The Labute approximate surface area is 93.5 Å². The first-order chi connectivity index (χ1) is 7.27. The fourth-order valence-electron chi connectivity index (χ4n) is 1.10. The van der Waals surface area contributed by atoms with Crippen molar-refractivity contribution in [1.82, 2.24) is 10.2 Å². The smallest absolute Gasteiger partial charge is 0.0892 e. The average molecular weight is 212 g/mol.